The van der Waals surface area contributed by atoms with Gasteiger partial charge in [-0.25, -0.2) is 14.8 Å². The molecule has 8 nitrogen and oxygen atoms in total. The van der Waals surface area contributed by atoms with Crippen LogP contribution in [0.15, 0.2) is 36.5 Å². The Labute approximate surface area is 131 Å². The predicted molar refractivity (Wildman–Crippen MR) is 86.2 cm³/mol. The van der Waals surface area contributed by atoms with Crippen molar-refractivity contribution in [1.29, 1.82) is 0 Å². The third-order valence-corrected chi connectivity index (χ3v) is 3.10. The quantitative estimate of drug-likeness (QED) is 0.684. The molecule has 0 aliphatic heterocycles. The smallest absolute Gasteiger partial charge is 0.413 e. The molecule has 0 bridgehead atoms. The maximum Gasteiger partial charge on any atom is 0.413 e. The SMILES string of the molecule is COC(=O)Nc1nc2cc(Nc3cccc(OC)c3)cnc2[nH]1. The van der Waals surface area contributed by atoms with Crippen molar-refractivity contribution >= 4 is 34.6 Å². The Morgan fingerprint density at radius 2 is 2.09 bits per heavy atom. The molecular formula is C15H15N5O3. The number of hydrogen-bond donors (Lipinski definition) is 3. The average molecular weight is 313 g/mol. The lowest BCUT2D eigenvalue weighted by Crippen LogP contribution is -2.11. The second kappa shape index (κ2) is 6.22. The first-order valence-electron chi connectivity index (χ1n) is 6.80. The van der Waals surface area contributed by atoms with Crippen LogP contribution >= 0.6 is 0 Å². The number of aromatic nitrogens is 3. The van der Waals surface area contributed by atoms with Crippen LogP contribution in [0, 0.1) is 0 Å². The zero-order valence-electron chi connectivity index (χ0n) is 12.6. The minimum Gasteiger partial charge on any atom is -0.497 e. The third-order valence-electron chi connectivity index (χ3n) is 3.10. The van der Waals surface area contributed by atoms with Crippen LogP contribution in [0.3, 0.4) is 0 Å². The molecule has 2 heterocycles. The summed E-state index contributed by atoms with van der Waals surface area (Å²) in [5.74, 6) is 1.03. The Bertz CT molecular complexity index is 846. The molecule has 0 spiro atoms. The summed E-state index contributed by atoms with van der Waals surface area (Å²) < 4.78 is 9.71. The van der Waals surface area contributed by atoms with E-state index < -0.39 is 6.09 Å². The molecule has 23 heavy (non-hydrogen) atoms. The Balaban J connectivity index is 1.83. The molecule has 0 atom stereocenters. The number of fused-ring (bicyclic) bond motifs is 1. The van der Waals surface area contributed by atoms with Gasteiger partial charge in [0, 0.05) is 11.8 Å². The molecule has 1 aromatic carbocycles. The van der Waals surface area contributed by atoms with Gasteiger partial charge in [0.05, 0.1) is 26.1 Å². The zero-order valence-corrected chi connectivity index (χ0v) is 12.6. The number of methoxy groups -OCH3 is 2. The molecule has 8 heteroatoms. The van der Waals surface area contributed by atoms with Crippen molar-refractivity contribution < 1.29 is 14.3 Å². The van der Waals surface area contributed by atoms with E-state index in [0.717, 1.165) is 17.1 Å². The monoisotopic (exact) mass is 313 g/mol. The topological polar surface area (TPSA) is 101 Å². The summed E-state index contributed by atoms with van der Waals surface area (Å²) in [4.78, 5) is 22.6. The van der Waals surface area contributed by atoms with E-state index in [1.54, 1.807) is 13.3 Å². The fourth-order valence-corrected chi connectivity index (χ4v) is 2.04. The molecule has 0 aliphatic carbocycles. The van der Waals surface area contributed by atoms with Crippen molar-refractivity contribution in [2.75, 3.05) is 24.9 Å². The second-order valence-electron chi connectivity index (χ2n) is 4.65. The molecule has 0 saturated heterocycles. The number of rotatable bonds is 4. The highest BCUT2D eigenvalue weighted by atomic mass is 16.5. The maximum absolute atomic E-state index is 11.2. The summed E-state index contributed by atoms with van der Waals surface area (Å²) in [7, 11) is 2.90. The lowest BCUT2D eigenvalue weighted by molar-refractivity contribution is 0.186. The first-order chi connectivity index (χ1) is 11.2. The highest BCUT2D eigenvalue weighted by Gasteiger charge is 2.08. The number of carbonyl (C=O) groups excluding carboxylic acids is 1. The van der Waals surface area contributed by atoms with Gasteiger partial charge in [-0.1, -0.05) is 6.07 Å². The van der Waals surface area contributed by atoms with Gasteiger partial charge in [0.15, 0.2) is 5.65 Å². The summed E-state index contributed by atoms with van der Waals surface area (Å²) in [6, 6.07) is 9.37. The Morgan fingerprint density at radius 1 is 1.22 bits per heavy atom. The minimum atomic E-state index is -0.598. The lowest BCUT2D eigenvalue weighted by Gasteiger charge is -2.07. The van der Waals surface area contributed by atoms with Crippen molar-refractivity contribution in [1.82, 2.24) is 15.0 Å². The number of aromatic amines is 1. The number of carbonyl (C=O) groups is 1. The first-order valence-corrected chi connectivity index (χ1v) is 6.80. The summed E-state index contributed by atoms with van der Waals surface area (Å²) in [5.41, 5.74) is 2.81. The number of hydrogen-bond acceptors (Lipinski definition) is 6. The molecule has 0 unspecified atom stereocenters. The number of nitrogens with one attached hydrogen (secondary N) is 3. The van der Waals surface area contributed by atoms with Crippen molar-refractivity contribution in [3.05, 3.63) is 36.5 Å². The van der Waals surface area contributed by atoms with E-state index in [1.165, 1.54) is 7.11 Å². The molecule has 0 radical (unpaired) electrons. The van der Waals surface area contributed by atoms with Crippen LogP contribution in [-0.2, 0) is 4.74 Å². The Kier molecular flexibility index (Phi) is 3.96. The number of anilines is 3. The van der Waals surface area contributed by atoms with Crippen LogP contribution in [0.2, 0.25) is 0 Å². The van der Waals surface area contributed by atoms with Gasteiger partial charge in [-0.2, -0.15) is 0 Å². The van der Waals surface area contributed by atoms with Gasteiger partial charge in [-0.15, -0.1) is 0 Å². The molecule has 3 N–H and O–H groups in total. The number of pyridine rings is 1. The summed E-state index contributed by atoms with van der Waals surface area (Å²) in [5, 5.41) is 5.68. The van der Waals surface area contributed by atoms with Crippen LogP contribution in [0.5, 0.6) is 5.75 Å². The van der Waals surface area contributed by atoms with E-state index in [1.807, 2.05) is 30.3 Å². The van der Waals surface area contributed by atoms with Gasteiger partial charge in [0.25, 0.3) is 0 Å². The van der Waals surface area contributed by atoms with Crippen LogP contribution in [0.4, 0.5) is 22.1 Å². The Hall–Kier alpha value is -3.29. The van der Waals surface area contributed by atoms with Gasteiger partial charge >= 0.3 is 6.09 Å². The number of imidazole rings is 1. The summed E-state index contributed by atoms with van der Waals surface area (Å²) >= 11 is 0. The molecule has 2 aromatic heterocycles. The highest BCUT2D eigenvalue weighted by molar-refractivity contribution is 5.86. The molecular weight excluding hydrogens is 298 g/mol. The maximum atomic E-state index is 11.2. The molecule has 0 aliphatic rings. The summed E-state index contributed by atoms with van der Waals surface area (Å²) in [6.07, 6.45) is 1.07. The second-order valence-corrected chi connectivity index (χ2v) is 4.65. The van der Waals surface area contributed by atoms with Gasteiger partial charge < -0.3 is 19.8 Å². The van der Waals surface area contributed by atoms with E-state index in [2.05, 4.69) is 30.3 Å². The minimum absolute atomic E-state index is 0.276. The number of H-pyrrole nitrogens is 1. The van der Waals surface area contributed by atoms with E-state index in [9.17, 15) is 4.79 Å². The largest absolute Gasteiger partial charge is 0.497 e. The van der Waals surface area contributed by atoms with E-state index in [0.29, 0.717) is 11.2 Å². The van der Waals surface area contributed by atoms with Crippen molar-refractivity contribution in [3.8, 4) is 5.75 Å². The zero-order chi connectivity index (χ0) is 16.2. The van der Waals surface area contributed by atoms with Crippen molar-refractivity contribution in [3.63, 3.8) is 0 Å². The highest BCUT2D eigenvalue weighted by Crippen LogP contribution is 2.23. The number of benzene rings is 1. The fraction of sp³-hybridized carbons (Fsp3) is 0.133. The third kappa shape index (κ3) is 3.31. The molecule has 3 aromatic rings. The number of nitrogens with zero attached hydrogens (tertiary/aromatic N) is 2. The molecule has 0 fully saturated rings. The molecule has 118 valence electrons. The molecule has 0 saturated carbocycles. The van der Waals surface area contributed by atoms with E-state index >= 15 is 0 Å². The molecule has 1 amide bonds. The van der Waals surface area contributed by atoms with E-state index in [4.69, 9.17) is 4.74 Å². The van der Waals surface area contributed by atoms with Crippen LogP contribution in [0.1, 0.15) is 0 Å². The number of ether oxygens (including phenoxy) is 2. The average Bonchev–Trinajstić information content (AvgIpc) is 2.96. The van der Waals surface area contributed by atoms with Gasteiger partial charge in [-0.05, 0) is 18.2 Å². The van der Waals surface area contributed by atoms with Gasteiger partial charge in [-0.3, -0.25) is 5.32 Å². The summed E-state index contributed by atoms with van der Waals surface area (Å²) in [6.45, 7) is 0. The van der Waals surface area contributed by atoms with Gasteiger partial charge in [0.2, 0.25) is 5.95 Å². The van der Waals surface area contributed by atoms with Crippen LogP contribution in [0.25, 0.3) is 11.2 Å². The normalized spacial score (nSPS) is 10.3. The van der Waals surface area contributed by atoms with Crippen molar-refractivity contribution in [2.45, 2.75) is 0 Å². The van der Waals surface area contributed by atoms with Crippen LogP contribution in [-0.4, -0.2) is 35.3 Å². The van der Waals surface area contributed by atoms with Crippen LogP contribution < -0.4 is 15.4 Å². The van der Waals surface area contributed by atoms with E-state index in [-0.39, 0.29) is 5.95 Å². The van der Waals surface area contributed by atoms with Crippen molar-refractivity contribution in [2.24, 2.45) is 0 Å². The predicted octanol–water partition coefficient (Wildman–Crippen LogP) is 2.89. The lowest BCUT2D eigenvalue weighted by atomic mass is 10.3. The fourth-order valence-electron chi connectivity index (χ4n) is 2.04. The number of amides is 1. The first kappa shape index (κ1) is 14.6. The van der Waals surface area contributed by atoms with Gasteiger partial charge in [0.1, 0.15) is 11.3 Å². The standard InChI is InChI=1S/C15H15N5O3/c1-22-11-5-3-4-9(6-11)17-10-7-12-13(16-8-10)19-14(18-12)20-15(21)23-2/h3-8,17H,1-2H3,(H2,16,18,19,20,21). The molecule has 3 rings (SSSR count). The Morgan fingerprint density at radius 3 is 2.87 bits per heavy atom.